The Kier molecular flexibility index (Phi) is 48.8. The summed E-state index contributed by atoms with van der Waals surface area (Å²) in [4.78, 5) is 38.0. The Labute approximate surface area is 384 Å². The van der Waals surface area contributed by atoms with Gasteiger partial charge in [-0.15, -0.1) is 0 Å². The molecule has 0 bridgehead atoms. The van der Waals surface area contributed by atoms with Gasteiger partial charge in [0.2, 0.25) is 0 Å². The lowest BCUT2D eigenvalue weighted by atomic mass is 10.0. The van der Waals surface area contributed by atoms with E-state index in [1.54, 1.807) is 0 Å². The maximum absolute atomic E-state index is 12.8. The third kappa shape index (κ3) is 48.4. The van der Waals surface area contributed by atoms with Crippen molar-refractivity contribution >= 4 is 17.9 Å². The van der Waals surface area contributed by atoms with Crippen LogP contribution in [0.3, 0.4) is 0 Å². The highest BCUT2D eigenvalue weighted by Gasteiger charge is 2.19. The number of unbranched alkanes of at least 4 members (excludes halogenated alkanes) is 29. The van der Waals surface area contributed by atoms with Crippen molar-refractivity contribution in [3.63, 3.8) is 0 Å². The molecule has 0 rings (SSSR count). The second kappa shape index (κ2) is 51.0. The van der Waals surface area contributed by atoms with Crippen LogP contribution < -0.4 is 0 Å². The van der Waals surface area contributed by atoms with Gasteiger partial charge >= 0.3 is 17.9 Å². The lowest BCUT2D eigenvalue weighted by Crippen LogP contribution is -2.30. The standard InChI is InChI=1S/C56H100O6/c1-4-7-10-13-16-19-22-25-28-31-34-37-40-43-46-49-55(58)61-52-53(51-60-54(57)48-45-42-39-36-33-30-27-24-21-18-15-12-9-6-3)62-56(59)50-47-44-41-38-35-32-29-26-23-20-17-14-11-8-5-2/h7,10,16,19-20,23,25,28,53H,4-6,8-9,11-15,17-18,21-22,24,26-27,29-52H2,1-3H3/b10-7+,19-16+,23-20+,28-25+/t53-/m1/s1. The zero-order chi connectivity index (χ0) is 45.1. The topological polar surface area (TPSA) is 78.9 Å². The molecule has 0 fully saturated rings. The summed E-state index contributed by atoms with van der Waals surface area (Å²) in [6, 6.07) is 0. The summed E-state index contributed by atoms with van der Waals surface area (Å²) < 4.78 is 16.8. The zero-order valence-corrected chi connectivity index (χ0v) is 41.1. The molecule has 0 aliphatic rings. The summed E-state index contributed by atoms with van der Waals surface area (Å²) >= 11 is 0. The molecule has 0 amide bonds. The molecule has 0 aliphatic heterocycles. The van der Waals surface area contributed by atoms with E-state index in [4.69, 9.17) is 14.2 Å². The third-order valence-electron chi connectivity index (χ3n) is 11.6. The smallest absolute Gasteiger partial charge is 0.306 e. The van der Waals surface area contributed by atoms with Crippen LogP contribution in [0.1, 0.15) is 271 Å². The van der Waals surface area contributed by atoms with Crippen LogP contribution in [-0.2, 0) is 28.6 Å². The van der Waals surface area contributed by atoms with Crippen molar-refractivity contribution in [2.24, 2.45) is 0 Å². The molecular weight excluding hydrogens is 769 g/mol. The average Bonchev–Trinajstić information content (AvgIpc) is 3.27. The summed E-state index contributed by atoms with van der Waals surface area (Å²) in [5, 5.41) is 0. The highest BCUT2D eigenvalue weighted by molar-refractivity contribution is 5.71. The second-order valence-electron chi connectivity index (χ2n) is 17.8. The van der Waals surface area contributed by atoms with E-state index in [0.29, 0.717) is 19.3 Å². The van der Waals surface area contributed by atoms with E-state index in [-0.39, 0.29) is 31.1 Å². The fraction of sp³-hybridized carbons (Fsp3) is 0.804. The minimum atomic E-state index is -0.779. The van der Waals surface area contributed by atoms with Crippen LogP contribution in [0, 0.1) is 0 Å². The SMILES string of the molecule is CC/C=C/C/C=C/C/C=C/CCCCCCCC(=O)OC[C@@H](COC(=O)CCCCCCCCCCCCCCCC)OC(=O)CCCCCCCCC/C=C/CCCCCC. The first-order chi connectivity index (χ1) is 30.5. The first-order valence-electron chi connectivity index (χ1n) is 26.6. The first kappa shape index (κ1) is 59.4. The molecule has 0 aromatic rings. The van der Waals surface area contributed by atoms with Crippen LogP contribution in [0.4, 0.5) is 0 Å². The third-order valence-corrected chi connectivity index (χ3v) is 11.6. The van der Waals surface area contributed by atoms with Crippen LogP contribution in [0.5, 0.6) is 0 Å². The van der Waals surface area contributed by atoms with Gasteiger partial charge in [0.15, 0.2) is 6.10 Å². The first-order valence-corrected chi connectivity index (χ1v) is 26.6. The van der Waals surface area contributed by atoms with Gasteiger partial charge in [-0.2, -0.15) is 0 Å². The van der Waals surface area contributed by atoms with Crippen molar-refractivity contribution in [1.29, 1.82) is 0 Å². The molecule has 1 atom stereocenters. The summed E-state index contributed by atoms with van der Waals surface area (Å²) in [5.74, 6) is -0.890. The van der Waals surface area contributed by atoms with Crippen molar-refractivity contribution in [2.45, 2.75) is 277 Å². The van der Waals surface area contributed by atoms with Gasteiger partial charge in [0.25, 0.3) is 0 Å². The molecule has 62 heavy (non-hydrogen) atoms. The van der Waals surface area contributed by atoms with Crippen LogP contribution in [0.15, 0.2) is 48.6 Å². The lowest BCUT2D eigenvalue weighted by molar-refractivity contribution is -0.167. The van der Waals surface area contributed by atoms with E-state index < -0.39 is 6.10 Å². The minimum Gasteiger partial charge on any atom is -0.462 e. The number of esters is 3. The Morgan fingerprint density at radius 2 is 0.629 bits per heavy atom. The monoisotopic (exact) mass is 869 g/mol. The molecule has 0 aromatic heterocycles. The van der Waals surface area contributed by atoms with Crippen molar-refractivity contribution in [1.82, 2.24) is 0 Å². The quantitative estimate of drug-likeness (QED) is 0.0262. The second-order valence-corrected chi connectivity index (χ2v) is 17.8. The molecule has 0 saturated heterocycles. The number of hydrogen-bond acceptors (Lipinski definition) is 6. The number of ether oxygens (including phenoxy) is 3. The number of hydrogen-bond donors (Lipinski definition) is 0. The molecule has 0 heterocycles. The van der Waals surface area contributed by atoms with E-state index in [1.165, 1.54) is 135 Å². The minimum absolute atomic E-state index is 0.0778. The van der Waals surface area contributed by atoms with Gasteiger partial charge in [0, 0.05) is 19.3 Å². The molecule has 6 heteroatoms. The van der Waals surface area contributed by atoms with Crippen molar-refractivity contribution < 1.29 is 28.6 Å². The largest absolute Gasteiger partial charge is 0.462 e. The number of carbonyl (C=O) groups excluding carboxylic acids is 3. The molecule has 0 aromatic carbocycles. The van der Waals surface area contributed by atoms with Crippen molar-refractivity contribution in [3.05, 3.63) is 48.6 Å². The highest BCUT2D eigenvalue weighted by Crippen LogP contribution is 2.15. The number of rotatable bonds is 48. The van der Waals surface area contributed by atoms with Gasteiger partial charge in [-0.3, -0.25) is 14.4 Å². The highest BCUT2D eigenvalue weighted by atomic mass is 16.6. The van der Waals surface area contributed by atoms with E-state index in [1.807, 2.05) is 0 Å². The number of allylic oxidation sites excluding steroid dienone is 8. The number of carbonyl (C=O) groups is 3. The van der Waals surface area contributed by atoms with Crippen LogP contribution >= 0.6 is 0 Å². The van der Waals surface area contributed by atoms with Gasteiger partial charge in [-0.1, -0.05) is 223 Å². The van der Waals surface area contributed by atoms with Gasteiger partial charge in [-0.25, -0.2) is 0 Å². The molecule has 0 saturated carbocycles. The van der Waals surface area contributed by atoms with Crippen LogP contribution in [0.25, 0.3) is 0 Å². The Morgan fingerprint density at radius 3 is 1.02 bits per heavy atom. The van der Waals surface area contributed by atoms with Gasteiger partial charge in [0.05, 0.1) is 0 Å². The maximum Gasteiger partial charge on any atom is 0.306 e. The molecule has 0 N–H and O–H groups in total. The predicted octanol–water partition coefficient (Wildman–Crippen LogP) is 17.5. The molecule has 0 unspecified atom stereocenters. The Morgan fingerprint density at radius 1 is 0.339 bits per heavy atom. The summed E-state index contributed by atoms with van der Waals surface area (Å²) in [7, 11) is 0. The van der Waals surface area contributed by atoms with E-state index in [0.717, 1.165) is 96.3 Å². The molecule has 360 valence electrons. The van der Waals surface area contributed by atoms with Gasteiger partial charge in [0.1, 0.15) is 13.2 Å². The van der Waals surface area contributed by atoms with E-state index in [2.05, 4.69) is 69.4 Å². The predicted molar refractivity (Wildman–Crippen MR) is 265 cm³/mol. The Bertz CT molecular complexity index is 1090. The maximum atomic E-state index is 12.8. The fourth-order valence-electron chi connectivity index (χ4n) is 7.57. The fourth-order valence-corrected chi connectivity index (χ4v) is 7.57. The normalized spacial score (nSPS) is 12.4. The lowest BCUT2D eigenvalue weighted by Gasteiger charge is -2.18. The summed E-state index contributed by atoms with van der Waals surface area (Å²) in [6.45, 7) is 6.52. The van der Waals surface area contributed by atoms with Crippen LogP contribution in [0.2, 0.25) is 0 Å². The van der Waals surface area contributed by atoms with Gasteiger partial charge in [-0.05, 0) is 77.0 Å². The summed E-state index contributed by atoms with van der Waals surface area (Å²) in [6.07, 6.45) is 60.9. The Hall–Kier alpha value is -2.63. The summed E-state index contributed by atoms with van der Waals surface area (Å²) in [5.41, 5.74) is 0. The average molecular weight is 869 g/mol. The van der Waals surface area contributed by atoms with Crippen molar-refractivity contribution in [3.8, 4) is 0 Å². The molecule has 0 spiro atoms. The Balaban J connectivity index is 4.39. The van der Waals surface area contributed by atoms with Crippen molar-refractivity contribution in [2.75, 3.05) is 13.2 Å². The van der Waals surface area contributed by atoms with E-state index >= 15 is 0 Å². The molecule has 6 nitrogen and oxygen atoms in total. The molecular formula is C56H100O6. The molecule has 0 aliphatic carbocycles. The molecule has 0 radical (unpaired) electrons. The zero-order valence-electron chi connectivity index (χ0n) is 41.1. The van der Waals surface area contributed by atoms with Crippen LogP contribution in [-0.4, -0.2) is 37.2 Å². The van der Waals surface area contributed by atoms with Gasteiger partial charge < -0.3 is 14.2 Å². The van der Waals surface area contributed by atoms with E-state index in [9.17, 15) is 14.4 Å².